The lowest BCUT2D eigenvalue weighted by atomic mass is 9.97. The van der Waals surface area contributed by atoms with E-state index in [0.29, 0.717) is 18.5 Å². The summed E-state index contributed by atoms with van der Waals surface area (Å²) < 4.78 is 0. The number of carbonyl (C=O) groups is 2. The lowest BCUT2D eigenvalue weighted by molar-refractivity contribution is -0.123. The molecule has 3 rings (SSSR count). The molecular weight excluding hydrogens is 310 g/mol. The van der Waals surface area contributed by atoms with Crippen molar-refractivity contribution < 1.29 is 9.59 Å². The summed E-state index contributed by atoms with van der Waals surface area (Å²) in [5.41, 5.74) is 2.58. The van der Waals surface area contributed by atoms with E-state index in [2.05, 4.69) is 6.92 Å². The number of ketones is 1. The molecule has 2 aromatic carbocycles. The van der Waals surface area contributed by atoms with Crippen LogP contribution in [0.2, 0.25) is 0 Å². The molecule has 25 heavy (non-hydrogen) atoms. The van der Waals surface area contributed by atoms with Gasteiger partial charge in [0.05, 0.1) is 0 Å². The van der Waals surface area contributed by atoms with Crippen LogP contribution in [0.5, 0.6) is 0 Å². The van der Waals surface area contributed by atoms with Crippen LogP contribution in [0.1, 0.15) is 66.6 Å². The topological polar surface area (TPSA) is 37.4 Å². The molecule has 1 unspecified atom stereocenters. The minimum absolute atomic E-state index is 0.0358. The summed E-state index contributed by atoms with van der Waals surface area (Å²) in [5.74, 6) is 0.122. The van der Waals surface area contributed by atoms with Gasteiger partial charge in [-0.05, 0) is 23.6 Å². The number of rotatable bonds is 8. The van der Waals surface area contributed by atoms with Crippen LogP contribution < -0.4 is 0 Å². The van der Waals surface area contributed by atoms with Crippen LogP contribution in [0.25, 0.3) is 0 Å². The Morgan fingerprint density at radius 1 is 0.960 bits per heavy atom. The van der Waals surface area contributed by atoms with Gasteiger partial charge in [-0.3, -0.25) is 9.59 Å². The Morgan fingerprint density at radius 3 is 2.44 bits per heavy atom. The Morgan fingerprint density at radius 2 is 1.68 bits per heavy atom. The average molecular weight is 335 g/mol. The zero-order chi connectivity index (χ0) is 17.6. The number of Topliss-reactive ketones (excluding diaryl/α,β-unsaturated/α-hetero) is 1. The zero-order valence-electron chi connectivity index (χ0n) is 14.8. The molecule has 1 heterocycles. The molecule has 1 atom stereocenters. The summed E-state index contributed by atoms with van der Waals surface area (Å²) in [6, 6.07) is 17.0. The normalized spacial score (nSPS) is 16.1. The molecular formula is C22H25NO2. The van der Waals surface area contributed by atoms with Gasteiger partial charge >= 0.3 is 0 Å². The maximum absolute atomic E-state index is 12.9. The molecule has 0 spiro atoms. The van der Waals surface area contributed by atoms with E-state index in [1.807, 2.05) is 54.6 Å². The third kappa shape index (κ3) is 3.81. The van der Waals surface area contributed by atoms with E-state index in [-0.39, 0.29) is 11.7 Å². The molecule has 0 saturated heterocycles. The fourth-order valence-corrected chi connectivity index (χ4v) is 3.52. The van der Waals surface area contributed by atoms with Crippen molar-refractivity contribution >= 4 is 11.7 Å². The van der Waals surface area contributed by atoms with E-state index in [9.17, 15) is 9.59 Å². The Hall–Kier alpha value is -2.42. The molecule has 0 aromatic heterocycles. The van der Waals surface area contributed by atoms with E-state index >= 15 is 0 Å². The monoisotopic (exact) mass is 335 g/mol. The first-order valence-electron chi connectivity index (χ1n) is 9.19. The predicted octanol–water partition coefficient (Wildman–Crippen LogP) is 4.92. The highest BCUT2D eigenvalue weighted by molar-refractivity contribution is 6.05. The zero-order valence-corrected chi connectivity index (χ0v) is 14.8. The lowest BCUT2D eigenvalue weighted by Crippen LogP contribution is -2.32. The Bertz CT molecular complexity index is 739. The number of hydrogen-bond donors (Lipinski definition) is 0. The highest BCUT2D eigenvalue weighted by Crippen LogP contribution is 2.36. The lowest BCUT2D eigenvalue weighted by Gasteiger charge is -2.24. The summed E-state index contributed by atoms with van der Waals surface area (Å²) >= 11 is 0. The fourth-order valence-electron chi connectivity index (χ4n) is 3.52. The van der Waals surface area contributed by atoms with Crippen LogP contribution in [-0.4, -0.2) is 16.6 Å². The highest BCUT2D eigenvalue weighted by Gasteiger charge is 2.40. The molecule has 130 valence electrons. The first-order valence-corrected chi connectivity index (χ1v) is 9.19. The molecule has 0 radical (unpaired) electrons. The van der Waals surface area contributed by atoms with E-state index in [1.54, 1.807) is 4.90 Å². The largest absolute Gasteiger partial charge is 0.320 e. The van der Waals surface area contributed by atoms with Gasteiger partial charge in [-0.25, -0.2) is 0 Å². The minimum Gasteiger partial charge on any atom is -0.320 e. The summed E-state index contributed by atoms with van der Waals surface area (Å²) in [6.07, 6.45) is 4.82. The molecule has 3 heteroatoms. The smallest absolute Gasteiger partial charge is 0.255 e. The van der Waals surface area contributed by atoms with Gasteiger partial charge < -0.3 is 4.90 Å². The van der Waals surface area contributed by atoms with Crippen molar-refractivity contribution in [1.29, 1.82) is 0 Å². The van der Waals surface area contributed by atoms with Crippen LogP contribution in [-0.2, 0) is 11.3 Å². The Kier molecular flexibility index (Phi) is 5.64. The van der Waals surface area contributed by atoms with Crippen LogP contribution in [0, 0.1) is 0 Å². The minimum atomic E-state index is -0.439. The van der Waals surface area contributed by atoms with Gasteiger partial charge in [0.2, 0.25) is 0 Å². The SMILES string of the molecule is CCCCCCC(=O)C1c2ccccc2C(=O)N1Cc1ccccc1. The predicted molar refractivity (Wildman–Crippen MR) is 99.3 cm³/mol. The first kappa shape index (κ1) is 17.4. The van der Waals surface area contributed by atoms with Gasteiger partial charge in [0.1, 0.15) is 6.04 Å². The van der Waals surface area contributed by atoms with Gasteiger partial charge in [0.25, 0.3) is 5.91 Å². The van der Waals surface area contributed by atoms with Crippen molar-refractivity contribution in [2.75, 3.05) is 0 Å². The molecule has 3 nitrogen and oxygen atoms in total. The van der Waals surface area contributed by atoms with Gasteiger partial charge in [0.15, 0.2) is 5.78 Å². The quantitative estimate of drug-likeness (QED) is 0.642. The second-order valence-electron chi connectivity index (χ2n) is 6.69. The number of nitrogens with zero attached hydrogens (tertiary/aromatic N) is 1. The summed E-state index contributed by atoms with van der Waals surface area (Å²) in [6.45, 7) is 2.63. The highest BCUT2D eigenvalue weighted by atomic mass is 16.2. The van der Waals surface area contributed by atoms with Crippen molar-refractivity contribution in [2.24, 2.45) is 0 Å². The molecule has 1 amide bonds. The van der Waals surface area contributed by atoms with Crippen LogP contribution in [0.15, 0.2) is 54.6 Å². The van der Waals surface area contributed by atoms with Crippen molar-refractivity contribution in [3.05, 3.63) is 71.3 Å². The van der Waals surface area contributed by atoms with E-state index in [0.717, 1.165) is 36.8 Å². The van der Waals surface area contributed by atoms with Gasteiger partial charge in [-0.2, -0.15) is 0 Å². The third-order valence-corrected chi connectivity index (χ3v) is 4.84. The van der Waals surface area contributed by atoms with Crippen molar-refractivity contribution in [3.63, 3.8) is 0 Å². The van der Waals surface area contributed by atoms with Crippen LogP contribution in [0.4, 0.5) is 0 Å². The van der Waals surface area contributed by atoms with E-state index in [1.165, 1.54) is 0 Å². The molecule has 0 saturated carbocycles. The molecule has 0 aliphatic carbocycles. The molecule has 0 fully saturated rings. The standard InChI is InChI=1S/C22H25NO2/c1-2-3-4-8-15-20(24)21-18-13-9-10-14-19(18)22(25)23(21)16-17-11-6-5-7-12-17/h5-7,9-14,21H,2-4,8,15-16H2,1H3. The number of fused-ring (bicyclic) bond motifs is 1. The maximum atomic E-state index is 12.9. The third-order valence-electron chi connectivity index (χ3n) is 4.84. The number of carbonyl (C=O) groups excluding carboxylic acids is 2. The van der Waals surface area contributed by atoms with Crippen LogP contribution >= 0.6 is 0 Å². The van der Waals surface area contributed by atoms with Crippen LogP contribution in [0.3, 0.4) is 0 Å². The van der Waals surface area contributed by atoms with Crippen molar-refractivity contribution in [3.8, 4) is 0 Å². The van der Waals surface area contributed by atoms with Crippen molar-refractivity contribution in [2.45, 2.75) is 51.6 Å². The number of benzene rings is 2. The second-order valence-corrected chi connectivity index (χ2v) is 6.69. The molecule has 1 aliphatic heterocycles. The molecule has 0 N–H and O–H groups in total. The summed E-state index contributed by atoms with van der Waals surface area (Å²) in [7, 11) is 0. The van der Waals surface area contributed by atoms with Crippen molar-refractivity contribution in [1.82, 2.24) is 4.90 Å². The summed E-state index contributed by atoms with van der Waals surface area (Å²) in [5, 5.41) is 0. The molecule has 2 aromatic rings. The number of amides is 1. The van der Waals surface area contributed by atoms with E-state index < -0.39 is 6.04 Å². The average Bonchev–Trinajstić information content (AvgIpc) is 2.92. The summed E-state index contributed by atoms with van der Waals surface area (Å²) in [4.78, 5) is 27.5. The number of hydrogen-bond acceptors (Lipinski definition) is 2. The fraction of sp³-hybridized carbons (Fsp3) is 0.364. The maximum Gasteiger partial charge on any atom is 0.255 e. The first-order chi connectivity index (χ1) is 12.2. The Balaban J connectivity index is 1.82. The number of unbranched alkanes of at least 4 members (excludes halogenated alkanes) is 3. The molecule has 0 bridgehead atoms. The Labute approximate surface area is 149 Å². The van der Waals surface area contributed by atoms with Gasteiger partial charge in [-0.1, -0.05) is 74.7 Å². The van der Waals surface area contributed by atoms with Gasteiger partial charge in [0, 0.05) is 18.5 Å². The molecule has 1 aliphatic rings. The second kappa shape index (κ2) is 8.11. The van der Waals surface area contributed by atoms with E-state index in [4.69, 9.17) is 0 Å². The van der Waals surface area contributed by atoms with Gasteiger partial charge in [-0.15, -0.1) is 0 Å².